The monoisotopic (exact) mass is 298 g/mol. The van der Waals surface area contributed by atoms with Crippen molar-refractivity contribution in [2.24, 2.45) is 0 Å². The Hall–Kier alpha value is -2.42. The van der Waals surface area contributed by atoms with Crippen LogP contribution in [-0.4, -0.2) is 32.6 Å². The molecular weight excluding hydrogens is 284 g/mol. The molecule has 108 valence electrons. The Morgan fingerprint density at radius 3 is 2.45 bits per heavy atom. The number of nitrogens with two attached hydrogens (primary N) is 1. The summed E-state index contributed by atoms with van der Waals surface area (Å²) in [5.41, 5.74) is 6.20. The summed E-state index contributed by atoms with van der Waals surface area (Å²) in [7, 11) is -0.872. The first-order valence-electron chi connectivity index (χ1n) is 5.50. The van der Waals surface area contributed by atoms with Crippen molar-refractivity contribution >= 4 is 21.4 Å². The van der Waals surface area contributed by atoms with Gasteiger partial charge in [0.15, 0.2) is 16.5 Å². The SMILES string of the molecule is COc1cc(N)c(NS(=O)(=O)c2cnc[nH]2)cc1OC. The molecule has 0 unspecified atom stereocenters. The van der Waals surface area contributed by atoms with Gasteiger partial charge in [0.1, 0.15) is 0 Å². The van der Waals surface area contributed by atoms with E-state index in [0.29, 0.717) is 11.5 Å². The molecule has 4 N–H and O–H groups in total. The molecule has 0 radical (unpaired) electrons. The molecule has 0 spiro atoms. The number of nitrogens with one attached hydrogen (secondary N) is 2. The van der Waals surface area contributed by atoms with Gasteiger partial charge in [-0.1, -0.05) is 0 Å². The number of benzene rings is 1. The van der Waals surface area contributed by atoms with Gasteiger partial charge in [0, 0.05) is 12.1 Å². The summed E-state index contributed by atoms with van der Waals surface area (Å²) >= 11 is 0. The number of sulfonamides is 1. The molecule has 1 heterocycles. The maximum absolute atomic E-state index is 12.1. The first-order valence-corrected chi connectivity index (χ1v) is 6.99. The van der Waals surface area contributed by atoms with Crippen LogP contribution in [0.4, 0.5) is 11.4 Å². The van der Waals surface area contributed by atoms with Crippen LogP contribution in [0.1, 0.15) is 0 Å². The lowest BCUT2D eigenvalue weighted by molar-refractivity contribution is 0.355. The van der Waals surface area contributed by atoms with Gasteiger partial charge in [-0.3, -0.25) is 4.72 Å². The van der Waals surface area contributed by atoms with Crippen molar-refractivity contribution in [2.45, 2.75) is 5.03 Å². The summed E-state index contributed by atoms with van der Waals surface area (Å²) in [6.07, 6.45) is 2.46. The zero-order valence-electron chi connectivity index (χ0n) is 10.9. The van der Waals surface area contributed by atoms with Crippen molar-refractivity contribution in [1.82, 2.24) is 9.97 Å². The fraction of sp³-hybridized carbons (Fsp3) is 0.182. The van der Waals surface area contributed by atoms with Crippen molar-refractivity contribution in [3.8, 4) is 11.5 Å². The van der Waals surface area contributed by atoms with Gasteiger partial charge in [-0.15, -0.1) is 0 Å². The van der Waals surface area contributed by atoms with Crippen LogP contribution in [-0.2, 0) is 10.0 Å². The second kappa shape index (κ2) is 5.29. The van der Waals surface area contributed by atoms with Crippen LogP contribution in [0.2, 0.25) is 0 Å². The molecule has 0 fully saturated rings. The van der Waals surface area contributed by atoms with Crippen molar-refractivity contribution < 1.29 is 17.9 Å². The van der Waals surface area contributed by atoms with E-state index in [1.807, 2.05) is 0 Å². The van der Waals surface area contributed by atoms with E-state index in [-0.39, 0.29) is 16.4 Å². The highest BCUT2D eigenvalue weighted by Crippen LogP contribution is 2.35. The van der Waals surface area contributed by atoms with E-state index in [2.05, 4.69) is 14.7 Å². The van der Waals surface area contributed by atoms with Gasteiger partial charge in [-0.05, 0) is 0 Å². The molecule has 0 amide bonds. The molecule has 0 aliphatic rings. The topological polar surface area (TPSA) is 119 Å². The quantitative estimate of drug-likeness (QED) is 0.703. The summed E-state index contributed by atoms with van der Waals surface area (Å²) in [5, 5.41) is -0.0633. The summed E-state index contributed by atoms with van der Waals surface area (Å²) in [6.45, 7) is 0. The normalized spacial score (nSPS) is 11.1. The van der Waals surface area contributed by atoms with E-state index in [4.69, 9.17) is 15.2 Å². The van der Waals surface area contributed by atoms with Gasteiger partial charge < -0.3 is 20.2 Å². The number of hydrogen-bond acceptors (Lipinski definition) is 6. The van der Waals surface area contributed by atoms with Crippen LogP contribution in [0.3, 0.4) is 0 Å². The lowest BCUT2D eigenvalue weighted by atomic mass is 10.2. The highest BCUT2D eigenvalue weighted by molar-refractivity contribution is 7.92. The van der Waals surface area contributed by atoms with Gasteiger partial charge in [0.2, 0.25) is 0 Å². The standard InChI is InChI=1S/C11H14N4O4S/c1-18-9-3-7(12)8(4-10(9)19-2)15-20(16,17)11-5-13-6-14-11/h3-6,15H,12H2,1-2H3,(H,13,14). The van der Waals surface area contributed by atoms with Crippen LogP contribution in [0.25, 0.3) is 0 Å². The van der Waals surface area contributed by atoms with Gasteiger partial charge >= 0.3 is 0 Å². The number of methoxy groups -OCH3 is 2. The van der Waals surface area contributed by atoms with E-state index >= 15 is 0 Å². The van der Waals surface area contributed by atoms with E-state index < -0.39 is 10.0 Å². The minimum atomic E-state index is -3.78. The zero-order valence-corrected chi connectivity index (χ0v) is 11.7. The Balaban J connectivity index is 2.39. The Morgan fingerprint density at radius 1 is 1.25 bits per heavy atom. The average Bonchev–Trinajstić information content (AvgIpc) is 2.95. The van der Waals surface area contributed by atoms with Crippen molar-refractivity contribution in [3.63, 3.8) is 0 Å². The van der Waals surface area contributed by atoms with Crippen molar-refractivity contribution in [3.05, 3.63) is 24.7 Å². The van der Waals surface area contributed by atoms with E-state index in [1.165, 1.54) is 38.9 Å². The lowest BCUT2D eigenvalue weighted by Crippen LogP contribution is -2.14. The molecule has 0 bridgehead atoms. The maximum Gasteiger partial charge on any atom is 0.279 e. The Kier molecular flexibility index (Phi) is 3.70. The number of nitrogens with zero attached hydrogens (tertiary/aromatic N) is 1. The smallest absolute Gasteiger partial charge is 0.279 e. The van der Waals surface area contributed by atoms with E-state index in [0.717, 1.165) is 0 Å². The Bertz CT molecular complexity index is 697. The Morgan fingerprint density at radius 2 is 1.90 bits per heavy atom. The van der Waals surface area contributed by atoms with Crippen LogP contribution in [0, 0.1) is 0 Å². The van der Waals surface area contributed by atoms with Gasteiger partial charge in [-0.2, -0.15) is 8.42 Å². The number of hydrogen-bond donors (Lipinski definition) is 3. The van der Waals surface area contributed by atoms with Crippen molar-refractivity contribution in [2.75, 3.05) is 24.7 Å². The number of rotatable bonds is 5. The maximum atomic E-state index is 12.1. The molecule has 0 atom stereocenters. The largest absolute Gasteiger partial charge is 0.493 e. The second-order valence-electron chi connectivity index (χ2n) is 3.82. The molecule has 9 heteroatoms. The van der Waals surface area contributed by atoms with Gasteiger partial charge in [-0.25, -0.2) is 4.98 Å². The number of anilines is 2. The highest BCUT2D eigenvalue weighted by atomic mass is 32.2. The van der Waals surface area contributed by atoms with Gasteiger partial charge in [0.05, 0.1) is 38.1 Å². The molecule has 0 aliphatic heterocycles. The first-order chi connectivity index (χ1) is 9.47. The second-order valence-corrected chi connectivity index (χ2v) is 5.47. The third-order valence-electron chi connectivity index (χ3n) is 2.56. The number of H-pyrrole nitrogens is 1. The van der Waals surface area contributed by atoms with Crippen LogP contribution < -0.4 is 19.9 Å². The molecule has 1 aromatic heterocycles. The first kappa shape index (κ1) is 14.0. The third kappa shape index (κ3) is 2.62. The molecule has 0 aliphatic carbocycles. The minimum Gasteiger partial charge on any atom is -0.493 e. The predicted molar refractivity (Wildman–Crippen MR) is 73.4 cm³/mol. The minimum absolute atomic E-state index is 0.0633. The molecule has 1 aromatic carbocycles. The fourth-order valence-corrected chi connectivity index (χ4v) is 2.56. The highest BCUT2D eigenvalue weighted by Gasteiger charge is 2.18. The molecule has 0 saturated carbocycles. The van der Waals surface area contributed by atoms with Crippen LogP contribution in [0.5, 0.6) is 11.5 Å². The zero-order chi connectivity index (χ0) is 14.8. The Labute approximate surface area is 116 Å². The summed E-state index contributed by atoms with van der Waals surface area (Å²) in [4.78, 5) is 6.17. The number of aromatic nitrogens is 2. The summed E-state index contributed by atoms with van der Waals surface area (Å²) in [5.74, 6) is 0.776. The van der Waals surface area contributed by atoms with Crippen molar-refractivity contribution in [1.29, 1.82) is 0 Å². The number of nitrogen functional groups attached to an aromatic ring is 1. The molecule has 8 nitrogen and oxygen atoms in total. The van der Waals surface area contributed by atoms with E-state index in [9.17, 15) is 8.42 Å². The van der Waals surface area contributed by atoms with Crippen LogP contribution in [0.15, 0.2) is 29.7 Å². The predicted octanol–water partition coefficient (Wildman–Crippen LogP) is 0.810. The summed E-state index contributed by atoms with van der Waals surface area (Å²) in [6, 6.07) is 2.92. The molecule has 2 aromatic rings. The third-order valence-corrected chi connectivity index (χ3v) is 3.85. The fourth-order valence-electron chi connectivity index (χ4n) is 1.57. The average molecular weight is 298 g/mol. The van der Waals surface area contributed by atoms with E-state index in [1.54, 1.807) is 0 Å². The number of imidazole rings is 1. The van der Waals surface area contributed by atoms with Gasteiger partial charge in [0.25, 0.3) is 10.0 Å². The molecule has 2 rings (SSSR count). The molecule has 20 heavy (non-hydrogen) atoms. The molecule has 0 saturated heterocycles. The summed E-state index contributed by atoms with van der Waals surface area (Å²) < 4.78 is 36.7. The number of ether oxygens (including phenoxy) is 2. The number of aromatic amines is 1. The molecular formula is C11H14N4O4S. The van der Waals surface area contributed by atoms with Crippen LogP contribution >= 0.6 is 0 Å². The lowest BCUT2D eigenvalue weighted by Gasteiger charge is -2.13.